The molecule has 1 N–H and O–H groups in total. The lowest BCUT2D eigenvalue weighted by Gasteiger charge is -2.11. The van der Waals surface area contributed by atoms with Crippen LogP contribution in [0.4, 0.5) is 5.69 Å². The average Bonchev–Trinajstić information content (AvgIpc) is 3.08. The molecule has 0 saturated heterocycles. The Kier molecular flexibility index (Phi) is 5.15. The van der Waals surface area contributed by atoms with E-state index in [2.05, 4.69) is 10.3 Å². The fourth-order valence-electron chi connectivity index (χ4n) is 3.31. The van der Waals surface area contributed by atoms with E-state index in [1.165, 1.54) is 11.8 Å². The van der Waals surface area contributed by atoms with E-state index >= 15 is 0 Å². The van der Waals surface area contributed by atoms with Gasteiger partial charge >= 0.3 is 0 Å². The normalized spacial score (nSPS) is 11.3. The van der Waals surface area contributed by atoms with Crippen LogP contribution in [-0.4, -0.2) is 21.2 Å². The minimum atomic E-state index is -0.231. The van der Waals surface area contributed by atoms with E-state index in [9.17, 15) is 9.59 Å². The second-order valence-corrected chi connectivity index (χ2v) is 7.82. The maximum Gasteiger partial charge on any atom is 0.297 e. The van der Waals surface area contributed by atoms with E-state index in [1.54, 1.807) is 4.57 Å². The van der Waals surface area contributed by atoms with Crippen molar-refractivity contribution in [1.82, 2.24) is 9.55 Å². The van der Waals surface area contributed by atoms with Crippen LogP contribution in [0.3, 0.4) is 0 Å². The maximum absolute atomic E-state index is 12.9. The molecular weight excluding hydrogens is 386 g/mol. The van der Waals surface area contributed by atoms with Gasteiger partial charge in [0.15, 0.2) is 5.16 Å². The van der Waals surface area contributed by atoms with Gasteiger partial charge in [-0.3, -0.25) is 14.2 Å². The number of para-hydroxylation sites is 1. The first kappa shape index (κ1) is 19.3. The zero-order valence-corrected chi connectivity index (χ0v) is 17.3. The molecule has 2 aromatic heterocycles. The Morgan fingerprint density at radius 3 is 2.76 bits per heavy atom. The minimum absolute atomic E-state index is 0.143. The molecule has 6 nitrogen and oxygen atoms in total. The number of carbonyl (C=O) groups is 1. The molecule has 0 saturated carbocycles. The fraction of sp³-hybridized carbons (Fsp3) is 0.227. The Hall–Kier alpha value is -3.06. The van der Waals surface area contributed by atoms with Crippen molar-refractivity contribution in [3.8, 4) is 0 Å². The number of hydrogen-bond donors (Lipinski definition) is 1. The summed E-state index contributed by atoms with van der Waals surface area (Å²) in [5.41, 5.74) is 4.13. The van der Waals surface area contributed by atoms with Crippen molar-refractivity contribution < 1.29 is 9.21 Å². The smallest absolute Gasteiger partial charge is 0.297 e. The summed E-state index contributed by atoms with van der Waals surface area (Å²) in [6.07, 6.45) is 0. The molecule has 1 amide bonds. The zero-order valence-electron chi connectivity index (χ0n) is 16.5. The van der Waals surface area contributed by atoms with Crippen molar-refractivity contribution in [3.63, 3.8) is 0 Å². The summed E-state index contributed by atoms with van der Waals surface area (Å²) in [6.45, 7) is 6.29. The number of benzene rings is 2. The quantitative estimate of drug-likeness (QED) is 0.389. The SMILES string of the molecule is CCn1c(SCC(=O)Nc2ccc(C)cc2C)nc2c(oc3ccccc32)c1=O. The molecule has 4 aromatic rings. The van der Waals surface area contributed by atoms with Gasteiger partial charge in [-0.15, -0.1) is 0 Å². The number of nitrogens with one attached hydrogen (secondary N) is 1. The molecular formula is C22H21N3O3S. The molecule has 0 fully saturated rings. The molecule has 0 bridgehead atoms. The van der Waals surface area contributed by atoms with Gasteiger partial charge in [0.2, 0.25) is 11.5 Å². The number of rotatable bonds is 5. The van der Waals surface area contributed by atoms with Crippen molar-refractivity contribution in [1.29, 1.82) is 0 Å². The first-order valence-electron chi connectivity index (χ1n) is 9.40. The number of aromatic nitrogens is 2. The minimum Gasteiger partial charge on any atom is -0.448 e. The van der Waals surface area contributed by atoms with E-state index < -0.39 is 0 Å². The zero-order chi connectivity index (χ0) is 20.5. The van der Waals surface area contributed by atoms with E-state index in [1.807, 2.05) is 63.2 Å². The van der Waals surface area contributed by atoms with Crippen molar-refractivity contribution in [2.24, 2.45) is 0 Å². The molecule has 0 unspecified atom stereocenters. The number of anilines is 1. The van der Waals surface area contributed by atoms with E-state index in [-0.39, 0.29) is 22.8 Å². The largest absolute Gasteiger partial charge is 0.448 e. The summed E-state index contributed by atoms with van der Waals surface area (Å²) >= 11 is 1.25. The number of amides is 1. The number of carbonyl (C=O) groups excluding carboxylic acids is 1. The molecule has 4 rings (SSSR count). The van der Waals surface area contributed by atoms with Gasteiger partial charge in [-0.2, -0.15) is 0 Å². The molecule has 0 aliphatic rings. The Labute approximate surface area is 171 Å². The van der Waals surface area contributed by atoms with Crippen LogP contribution in [0.1, 0.15) is 18.1 Å². The fourth-order valence-corrected chi connectivity index (χ4v) is 4.17. The number of nitrogens with zero attached hydrogens (tertiary/aromatic N) is 2. The topological polar surface area (TPSA) is 77.1 Å². The molecule has 7 heteroatoms. The molecule has 2 aromatic carbocycles. The molecule has 0 radical (unpaired) electrons. The highest BCUT2D eigenvalue weighted by Gasteiger charge is 2.18. The first-order valence-corrected chi connectivity index (χ1v) is 10.4. The Morgan fingerprint density at radius 1 is 1.21 bits per heavy atom. The van der Waals surface area contributed by atoms with Gasteiger partial charge in [0.1, 0.15) is 11.1 Å². The third kappa shape index (κ3) is 3.65. The van der Waals surface area contributed by atoms with Gasteiger partial charge in [0, 0.05) is 17.6 Å². The van der Waals surface area contributed by atoms with Crippen LogP contribution in [0, 0.1) is 13.8 Å². The molecule has 0 spiro atoms. The maximum atomic E-state index is 12.9. The highest BCUT2D eigenvalue weighted by molar-refractivity contribution is 7.99. The summed E-state index contributed by atoms with van der Waals surface area (Å²) in [7, 11) is 0. The van der Waals surface area contributed by atoms with Gasteiger partial charge in [-0.05, 0) is 44.5 Å². The lowest BCUT2D eigenvalue weighted by atomic mass is 10.1. The van der Waals surface area contributed by atoms with Crippen molar-refractivity contribution in [3.05, 3.63) is 63.9 Å². The number of fused-ring (bicyclic) bond motifs is 3. The average molecular weight is 407 g/mol. The van der Waals surface area contributed by atoms with Crippen LogP contribution < -0.4 is 10.9 Å². The predicted molar refractivity (Wildman–Crippen MR) is 117 cm³/mol. The second kappa shape index (κ2) is 7.75. The monoisotopic (exact) mass is 407 g/mol. The van der Waals surface area contributed by atoms with Gasteiger partial charge in [-0.25, -0.2) is 4.98 Å². The van der Waals surface area contributed by atoms with Crippen LogP contribution in [0.2, 0.25) is 0 Å². The van der Waals surface area contributed by atoms with Crippen LogP contribution in [0.15, 0.2) is 56.8 Å². The Balaban J connectivity index is 1.62. The molecule has 148 valence electrons. The van der Waals surface area contributed by atoms with Crippen molar-refractivity contribution in [2.45, 2.75) is 32.5 Å². The summed E-state index contributed by atoms with van der Waals surface area (Å²) in [5.74, 6) is 0.0112. The summed E-state index contributed by atoms with van der Waals surface area (Å²) < 4.78 is 7.27. The van der Waals surface area contributed by atoms with E-state index in [4.69, 9.17) is 4.42 Å². The Morgan fingerprint density at radius 2 is 2.00 bits per heavy atom. The van der Waals surface area contributed by atoms with Gasteiger partial charge < -0.3 is 9.73 Å². The third-order valence-corrected chi connectivity index (χ3v) is 5.73. The number of thioether (sulfide) groups is 1. The third-order valence-electron chi connectivity index (χ3n) is 4.75. The second-order valence-electron chi connectivity index (χ2n) is 6.87. The summed E-state index contributed by atoms with van der Waals surface area (Å²) in [6, 6.07) is 13.3. The van der Waals surface area contributed by atoms with Crippen molar-refractivity contribution in [2.75, 3.05) is 11.1 Å². The highest BCUT2D eigenvalue weighted by atomic mass is 32.2. The molecule has 0 atom stereocenters. The summed E-state index contributed by atoms with van der Waals surface area (Å²) in [4.78, 5) is 30.0. The van der Waals surface area contributed by atoms with E-state index in [0.717, 1.165) is 22.2 Å². The Bertz CT molecular complexity index is 1290. The number of furan rings is 1. The summed E-state index contributed by atoms with van der Waals surface area (Å²) in [5, 5.41) is 4.23. The number of hydrogen-bond acceptors (Lipinski definition) is 5. The van der Waals surface area contributed by atoms with Crippen LogP contribution in [-0.2, 0) is 11.3 Å². The number of aryl methyl sites for hydroxylation is 2. The van der Waals surface area contributed by atoms with Gasteiger partial charge in [0.05, 0.1) is 5.75 Å². The lowest BCUT2D eigenvalue weighted by molar-refractivity contribution is -0.113. The molecule has 0 aliphatic carbocycles. The van der Waals surface area contributed by atoms with Crippen LogP contribution >= 0.6 is 11.8 Å². The standard InChI is InChI=1S/C22H21N3O3S/c1-4-25-21(27)20-19(15-7-5-6-8-17(15)28-20)24-22(25)29-12-18(26)23-16-10-9-13(2)11-14(16)3/h5-11H,4,12H2,1-3H3,(H,23,26). The van der Waals surface area contributed by atoms with Gasteiger partial charge in [0.25, 0.3) is 5.56 Å². The van der Waals surface area contributed by atoms with Gasteiger partial charge in [-0.1, -0.05) is 41.6 Å². The van der Waals surface area contributed by atoms with E-state index in [0.29, 0.717) is 22.8 Å². The lowest BCUT2D eigenvalue weighted by Crippen LogP contribution is -2.23. The molecule has 0 aliphatic heterocycles. The van der Waals surface area contributed by atoms with Crippen LogP contribution in [0.25, 0.3) is 22.1 Å². The predicted octanol–water partition coefficient (Wildman–Crippen LogP) is 4.51. The van der Waals surface area contributed by atoms with Crippen molar-refractivity contribution >= 4 is 45.4 Å². The molecule has 2 heterocycles. The molecule has 29 heavy (non-hydrogen) atoms. The van der Waals surface area contributed by atoms with Crippen LogP contribution in [0.5, 0.6) is 0 Å². The highest BCUT2D eigenvalue weighted by Crippen LogP contribution is 2.27. The first-order chi connectivity index (χ1) is 14.0.